The molecule has 0 radical (unpaired) electrons. The van der Waals surface area contributed by atoms with Crippen LogP contribution in [0.4, 0.5) is 0 Å². The highest BCUT2D eigenvalue weighted by atomic mass is 32.2. The molecule has 4 saturated carbocycles. The van der Waals surface area contributed by atoms with E-state index < -0.39 is 14.6 Å². The van der Waals surface area contributed by atoms with Gasteiger partial charge < -0.3 is 9.64 Å². The standard InChI is InChI=1S/C22H29N3O4S/c26-19(21-9-15-6-16(10-21)8-17(7-15)11-21)25-13-22(14-25)18(2-5-30(22,27)28)12-29-20-23-3-1-4-24-20/h1,3-4,15-18H,2,5-14H2. The van der Waals surface area contributed by atoms with Crippen LogP contribution in [0.2, 0.25) is 0 Å². The van der Waals surface area contributed by atoms with Gasteiger partial charge >= 0.3 is 6.01 Å². The van der Waals surface area contributed by atoms with Crippen molar-refractivity contribution in [2.45, 2.75) is 49.7 Å². The summed E-state index contributed by atoms with van der Waals surface area (Å²) >= 11 is 0. The summed E-state index contributed by atoms with van der Waals surface area (Å²) in [6, 6.07) is 1.99. The molecule has 7 nitrogen and oxygen atoms in total. The third-order valence-electron chi connectivity index (χ3n) is 8.75. The molecule has 7 rings (SSSR count). The number of likely N-dealkylation sites (tertiary alicyclic amines) is 1. The Bertz CT molecular complexity index is 923. The number of nitrogens with zero attached hydrogens (tertiary/aromatic N) is 3. The van der Waals surface area contributed by atoms with Crippen molar-refractivity contribution in [3.05, 3.63) is 18.5 Å². The van der Waals surface area contributed by atoms with E-state index in [0.717, 1.165) is 19.3 Å². The molecule has 1 spiro atoms. The molecule has 1 aromatic heterocycles. The highest BCUT2D eigenvalue weighted by Crippen LogP contribution is 2.61. The Balaban J connectivity index is 1.18. The Morgan fingerprint density at radius 3 is 2.27 bits per heavy atom. The van der Waals surface area contributed by atoms with Crippen LogP contribution in [0.1, 0.15) is 44.9 Å². The van der Waals surface area contributed by atoms with Crippen molar-refractivity contribution >= 4 is 15.7 Å². The fraction of sp³-hybridized carbons (Fsp3) is 0.773. The molecule has 6 fully saturated rings. The summed E-state index contributed by atoms with van der Waals surface area (Å²) in [5.74, 6) is 2.41. The molecule has 30 heavy (non-hydrogen) atoms. The lowest BCUT2D eigenvalue weighted by molar-refractivity contribution is -0.164. The van der Waals surface area contributed by atoms with E-state index in [1.807, 2.05) is 4.90 Å². The first-order valence-corrected chi connectivity index (χ1v) is 13.0. The Kier molecular flexibility index (Phi) is 4.06. The van der Waals surface area contributed by atoms with Crippen LogP contribution >= 0.6 is 0 Å². The first-order valence-electron chi connectivity index (χ1n) is 11.3. The number of aromatic nitrogens is 2. The molecule has 1 atom stereocenters. The van der Waals surface area contributed by atoms with E-state index in [4.69, 9.17) is 4.74 Å². The normalized spacial score (nSPS) is 39.8. The van der Waals surface area contributed by atoms with Crippen LogP contribution in [0.15, 0.2) is 18.5 Å². The number of sulfone groups is 1. The molecular weight excluding hydrogens is 402 g/mol. The Morgan fingerprint density at radius 2 is 1.67 bits per heavy atom. The summed E-state index contributed by atoms with van der Waals surface area (Å²) < 4.78 is 30.8. The largest absolute Gasteiger partial charge is 0.463 e. The average molecular weight is 432 g/mol. The van der Waals surface area contributed by atoms with E-state index in [1.165, 1.54) is 19.3 Å². The number of rotatable bonds is 4. The van der Waals surface area contributed by atoms with Gasteiger partial charge in [0, 0.05) is 31.4 Å². The number of carbonyl (C=O) groups excluding carboxylic acids is 1. The molecule has 6 aliphatic rings. The molecule has 0 N–H and O–H groups in total. The lowest BCUT2D eigenvalue weighted by Gasteiger charge is -2.59. The number of carbonyl (C=O) groups is 1. The molecule has 4 bridgehead atoms. The maximum absolute atomic E-state index is 13.6. The van der Waals surface area contributed by atoms with Gasteiger partial charge in [0.1, 0.15) is 4.75 Å². The van der Waals surface area contributed by atoms with Crippen LogP contribution in [0.3, 0.4) is 0 Å². The van der Waals surface area contributed by atoms with Gasteiger partial charge in [0.05, 0.1) is 17.8 Å². The summed E-state index contributed by atoms with van der Waals surface area (Å²) in [5.41, 5.74) is -0.206. The number of hydrogen-bond donors (Lipinski definition) is 0. The fourth-order valence-corrected chi connectivity index (χ4v) is 10.1. The minimum Gasteiger partial charge on any atom is -0.463 e. The van der Waals surface area contributed by atoms with Crippen LogP contribution in [0.5, 0.6) is 6.01 Å². The number of hydrogen-bond acceptors (Lipinski definition) is 6. The van der Waals surface area contributed by atoms with E-state index >= 15 is 0 Å². The topological polar surface area (TPSA) is 89.5 Å². The van der Waals surface area contributed by atoms with Gasteiger partial charge in [0.2, 0.25) is 5.91 Å². The number of ether oxygens (including phenoxy) is 1. The highest BCUT2D eigenvalue weighted by Gasteiger charge is 2.65. The molecule has 162 valence electrons. The zero-order chi connectivity index (χ0) is 20.6. The molecular formula is C22H29N3O4S. The Hall–Kier alpha value is -1.70. The van der Waals surface area contributed by atoms with Crippen LogP contribution < -0.4 is 4.74 Å². The summed E-state index contributed by atoms with van der Waals surface area (Å²) in [6.45, 7) is 0.946. The first-order chi connectivity index (χ1) is 14.4. The van der Waals surface area contributed by atoms with E-state index in [0.29, 0.717) is 37.3 Å². The van der Waals surface area contributed by atoms with Crippen LogP contribution in [0, 0.1) is 29.1 Å². The average Bonchev–Trinajstić information content (AvgIpc) is 2.95. The molecule has 2 aliphatic heterocycles. The van der Waals surface area contributed by atoms with Gasteiger partial charge in [-0.05, 0) is 68.8 Å². The smallest absolute Gasteiger partial charge is 0.316 e. The molecule has 8 heteroatoms. The van der Waals surface area contributed by atoms with E-state index in [1.54, 1.807) is 18.5 Å². The van der Waals surface area contributed by atoms with E-state index in [9.17, 15) is 13.2 Å². The molecule has 3 heterocycles. The monoisotopic (exact) mass is 431 g/mol. The second-order valence-corrected chi connectivity index (χ2v) is 13.0. The summed E-state index contributed by atoms with van der Waals surface area (Å²) in [6.07, 6.45) is 10.7. The second kappa shape index (κ2) is 6.40. The Labute approximate surface area is 177 Å². The van der Waals surface area contributed by atoms with Crippen molar-refractivity contribution in [1.82, 2.24) is 14.9 Å². The van der Waals surface area contributed by atoms with Crippen molar-refractivity contribution in [2.24, 2.45) is 29.1 Å². The van der Waals surface area contributed by atoms with Crippen molar-refractivity contribution in [3.63, 3.8) is 0 Å². The minimum atomic E-state index is -3.24. The van der Waals surface area contributed by atoms with Gasteiger partial charge in [-0.15, -0.1) is 0 Å². The minimum absolute atomic E-state index is 0.119. The maximum Gasteiger partial charge on any atom is 0.316 e. The van der Waals surface area contributed by atoms with Crippen molar-refractivity contribution < 1.29 is 17.9 Å². The molecule has 1 aromatic rings. The fourth-order valence-electron chi connectivity index (χ4n) is 7.69. The van der Waals surface area contributed by atoms with Gasteiger partial charge in [-0.2, -0.15) is 0 Å². The van der Waals surface area contributed by atoms with Crippen molar-refractivity contribution in [2.75, 3.05) is 25.4 Å². The van der Waals surface area contributed by atoms with Crippen molar-refractivity contribution in [1.29, 1.82) is 0 Å². The van der Waals surface area contributed by atoms with Crippen LogP contribution in [-0.2, 0) is 14.6 Å². The zero-order valence-corrected chi connectivity index (χ0v) is 18.0. The predicted molar refractivity (Wildman–Crippen MR) is 109 cm³/mol. The summed E-state index contributed by atoms with van der Waals surface area (Å²) in [7, 11) is -3.24. The van der Waals surface area contributed by atoms with Gasteiger partial charge in [0.15, 0.2) is 9.84 Å². The van der Waals surface area contributed by atoms with E-state index in [2.05, 4.69) is 9.97 Å². The molecule has 2 saturated heterocycles. The number of amides is 1. The Morgan fingerprint density at radius 1 is 1.07 bits per heavy atom. The van der Waals surface area contributed by atoms with E-state index in [-0.39, 0.29) is 35.6 Å². The summed E-state index contributed by atoms with van der Waals surface area (Å²) in [4.78, 5) is 23.6. The quantitative estimate of drug-likeness (QED) is 0.725. The van der Waals surface area contributed by atoms with Crippen LogP contribution in [0.25, 0.3) is 0 Å². The second-order valence-electron chi connectivity index (χ2n) is 10.6. The van der Waals surface area contributed by atoms with Gasteiger partial charge in [-0.3, -0.25) is 4.79 Å². The van der Waals surface area contributed by atoms with Gasteiger partial charge in [-0.25, -0.2) is 18.4 Å². The van der Waals surface area contributed by atoms with Crippen molar-refractivity contribution in [3.8, 4) is 6.01 Å². The highest BCUT2D eigenvalue weighted by molar-refractivity contribution is 7.93. The lowest BCUT2D eigenvalue weighted by Crippen LogP contribution is -2.71. The molecule has 0 aromatic carbocycles. The zero-order valence-electron chi connectivity index (χ0n) is 17.2. The third-order valence-corrected chi connectivity index (χ3v) is 11.4. The van der Waals surface area contributed by atoms with Gasteiger partial charge in [-0.1, -0.05) is 0 Å². The SMILES string of the molecule is O=C(N1CC2(C1)C(COc1ncccn1)CCS2(=O)=O)C12CC3CC(CC(C3)C1)C2. The molecule has 1 unspecified atom stereocenters. The maximum atomic E-state index is 13.6. The molecule has 4 aliphatic carbocycles. The summed E-state index contributed by atoms with van der Waals surface area (Å²) in [5, 5.41) is 0. The third kappa shape index (κ3) is 2.68. The first kappa shape index (κ1) is 19.0. The molecule has 1 amide bonds. The lowest BCUT2D eigenvalue weighted by atomic mass is 9.49. The van der Waals surface area contributed by atoms with Gasteiger partial charge in [0.25, 0.3) is 0 Å². The predicted octanol–water partition coefficient (Wildman–Crippen LogP) is 2.09. The van der Waals surface area contributed by atoms with Crippen LogP contribution in [-0.4, -0.2) is 59.4 Å².